The highest BCUT2D eigenvalue weighted by Gasteiger charge is 2.23. The van der Waals surface area contributed by atoms with Gasteiger partial charge in [0.1, 0.15) is 5.75 Å². The lowest BCUT2D eigenvalue weighted by molar-refractivity contribution is 0.415. The predicted molar refractivity (Wildman–Crippen MR) is 105 cm³/mol. The molecule has 0 N–H and O–H groups in total. The van der Waals surface area contributed by atoms with E-state index in [4.69, 9.17) is 4.74 Å². The fourth-order valence-corrected chi connectivity index (χ4v) is 3.69. The molecule has 0 spiro atoms. The van der Waals surface area contributed by atoms with E-state index >= 15 is 0 Å². The van der Waals surface area contributed by atoms with E-state index in [2.05, 4.69) is 5.10 Å². The quantitative estimate of drug-likeness (QED) is 0.547. The van der Waals surface area contributed by atoms with Crippen LogP contribution in [0.1, 0.15) is 11.3 Å². The highest BCUT2D eigenvalue weighted by atomic mass is 16.5. The normalized spacial score (nSPS) is 11.4. The van der Waals surface area contributed by atoms with Gasteiger partial charge in [-0.3, -0.25) is 13.9 Å². The van der Waals surface area contributed by atoms with Gasteiger partial charge in [0.25, 0.3) is 5.56 Å². The number of fused-ring (bicyclic) bond motifs is 3. The third-order valence-corrected chi connectivity index (χ3v) is 4.97. The first-order chi connectivity index (χ1) is 12.8. The van der Waals surface area contributed by atoms with Gasteiger partial charge in [0.15, 0.2) is 0 Å². The molecule has 7 heteroatoms. The molecule has 0 saturated heterocycles. The molecule has 0 atom stereocenters. The van der Waals surface area contributed by atoms with Gasteiger partial charge in [-0.15, -0.1) is 0 Å². The monoisotopic (exact) mass is 364 g/mol. The summed E-state index contributed by atoms with van der Waals surface area (Å²) < 4.78 is 9.67. The van der Waals surface area contributed by atoms with E-state index in [-0.39, 0.29) is 11.2 Å². The van der Waals surface area contributed by atoms with Gasteiger partial charge in [0.05, 0.1) is 34.9 Å². The lowest BCUT2D eigenvalue weighted by atomic mass is 10.1. The number of rotatable bonds is 2. The molecule has 1 aromatic carbocycles. The van der Waals surface area contributed by atoms with Gasteiger partial charge in [-0.05, 0) is 49.7 Å². The molecular formula is C20H20N4O3. The second-order valence-corrected chi connectivity index (χ2v) is 6.74. The maximum atomic E-state index is 13.1. The van der Waals surface area contributed by atoms with Crippen LogP contribution >= 0.6 is 0 Å². The molecule has 0 radical (unpaired) electrons. The molecule has 3 aromatic heterocycles. The van der Waals surface area contributed by atoms with Crippen molar-refractivity contribution in [2.45, 2.75) is 13.8 Å². The SMILES string of the molecule is COc1ccc(-c2c3c(=O)n(C)c(=O)n(C)c3c3c(C)cc(C)nn23)cc1. The van der Waals surface area contributed by atoms with Gasteiger partial charge >= 0.3 is 5.69 Å². The van der Waals surface area contributed by atoms with E-state index in [1.54, 1.807) is 18.7 Å². The molecule has 0 unspecified atom stereocenters. The Morgan fingerprint density at radius 3 is 2.26 bits per heavy atom. The number of ether oxygens (including phenoxy) is 1. The average molecular weight is 364 g/mol. The standard InChI is InChI=1S/C20H20N4O3/c1-11-10-12(2)21-24-16(11)18-15(19(25)23(4)20(26)22(18)3)17(24)13-6-8-14(27-5)9-7-13/h6-10H,1-5H3. The number of methoxy groups -OCH3 is 1. The minimum absolute atomic E-state index is 0.332. The number of hydrogen-bond donors (Lipinski definition) is 0. The number of benzene rings is 1. The van der Waals surface area contributed by atoms with Gasteiger partial charge in [-0.1, -0.05) is 0 Å². The van der Waals surface area contributed by atoms with Crippen LogP contribution in [0.25, 0.3) is 27.7 Å². The highest BCUT2D eigenvalue weighted by molar-refractivity contribution is 6.04. The molecule has 0 amide bonds. The molecule has 0 aliphatic heterocycles. The fraction of sp³-hybridized carbons (Fsp3) is 0.250. The molecular weight excluding hydrogens is 344 g/mol. The zero-order valence-corrected chi connectivity index (χ0v) is 15.9. The fourth-order valence-electron chi connectivity index (χ4n) is 3.69. The summed E-state index contributed by atoms with van der Waals surface area (Å²) in [5, 5.41) is 5.13. The topological polar surface area (TPSA) is 70.5 Å². The summed E-state index contributed by atoms with van der Waals surface area (Å²) in [6, 6.07) is 9.42. The van der Waals surface area contributed by atoms with Crippen LogP contribution in [0, 0.1) is 13.8 Å². The number of aryl methyl sites for hydroxylation is 3. The lowest BCUT2D eigenvalue weighted by Gasteiger charge is -2.06. The van der Waals surface area contributed by atoms with Crippen molar-refractivity contribution in [3.63, 3.8) is 0 Å². The van der Waals surface area contributed by atoms with E-state index < -0.39 is 0 Å². The molecule has 27 heavy (non-hydrogen) atoms. The molecule has 7 nitrogen and oxygen atoms in total. The predicted octanol–water partition coefficient (Wildman–Crippen LogP) is 2.18. The van der Waals surface area contributed by atoms with Crippen LogP contribution < -0.4 is 16.0 Å². The van der Waals surface area contributed by atoms with E-state index in [9.17, 15) is 9.59 Å². The Hall–Kier alpha value is -3.35. The van der Waals surface area contributed by atoms with Crippen molar-refractivity contribution >= 4 is 16.4 Å². The van der Waals surface area contributed by atoms with Crippen LogP contribution in [0.2, 0.25) is 0 Å². The molecule has 4 aromatic rings. The zero-order valence-electron chi connectivity index (χ0n) is 15.9. The third kappa shape index (κ3) is 2.31. The Morgan fingerprint density at radius 1 is 0.963 bits per heavy atom. The van der Waals surface area contributed by atoms with Crippen molar-refractivity contribution < 1.29 is 4.74 Å². The smallest absolute Gasteiger partial charge is 0.331 e. The van der Waals surface area contributed by atoms with E-state index in [1.807, 2.05) is 44.2 Å². The van der Waals surface area contributed by atoms with Gasteiger partial charge in [0, 0.05) is 19.7 Å². The number of hydrogen-bond acceptors (Lipinski definition) is 4. The van der Waals surface area contributed by atoms with Crippen molar-refractivity contribution in [2.24, 2.45) is 14.1 Å². The highest BCUT2D eigenvalue weighted by Crippen LogP contribution is 2.33. The summed E-state index contributed by atoms with van der Waals surface area (Å²) in [6.45, 7) is 3.87. The van der Waals surface area contributed by atoms with Crippen molar-refractivity contribution in [1.29, 1.82) is 0 Å². The lowest BCUT2D eigenvalue weighted by Crippen LogP contribution is -2.36. The first-order valence-electron chi connectivity index (χ1n) is 8.58. The van der Waals surface area contributed by atoms with Crippen LogP contribution in [0.5, 0.6) is 5.75 Å². The zero-order chi connectivity index (χ0) is 19.5. The van der Waals surface area contributed by atoms with Gasteiger partial charge in [-0.2, -0.15) is 5.10 Å². The molecule has 138 valence electrons. The Bertz CT molecular complexity index is 1320. The molecule has 3 heterocycles. The average Bonchev–Trinajstić information content (AvgIpc) is 3.00. The second-order valence-electron chi connectivity index (χ2n) is 6.74. The van der Waals surface area contributed by atoms with Crippen LogP contribution in [-0.4, -0.2) is 25.9 Å². The Kier molecular flexibility index (Phi) is 3.69. The first kappa shape index (κ1) is 17.1. The van der Waals surface area contributed by atoms with Gasteiger partial charge in [0.2, 0.25) is 0 Å². The summed E-state index contributed by atoms with van der Waals surface area (Å²) in [4.78, 5) is 25.6. The van der Waals surface area contributed by atoms with E-state index in [0.29, 0.717) is 16.6 Å². The van der Waals surface area contributed by atoms with Crippen LogP contribution in [-0.2, 0) is 14.1 Å². The minimum atomic E-state index is -0.360. The Labute approximate surface area is 155 Å². The van der Waals surface area contributed by atoms with Gasteiger partial charge < -0.3 is 4.74 Å². The first-order valence-corrected chi connectivity index (χ1v) is 8.58. The maximum absolute atomic E-state index is 13.1. The van der Waals surface area contributed by atoms with E-state index in [0.717, 1.165) is 32.7 Å². The summed E-state index contributed by atoms with van der Waals surface area (Å²) in [6.07, 6.45) is 0. The summed E-state index contributed by atoms with van der Waals surface area (Å²) in [5.74, 6) is 0.726. The van der Waals surface area contributed by atoms with Crippen molar-refractivity contribution in [1.82, 2.24) is 18.7 Å². The van der Waals surface area contributed by atoms with Gasteiger partial charge in [-0.25, -0.2) is 9.31 Å². The number of nitrogens with zero attached hydrogens (tertiary/aromatic N) is 4. The minimum Gasteiger partial charge on any atom is -0.497 e. The molecule has 0 aliphatic rings. The van der Waals surface area contributed by atoms with Crippen LogP contribution in [0.3, 0.4) is 0 Å². The second kappa shape index (κ2) is 5.84. The largest absolute Gasteiger partial charge is 0.497 e. The van der Waals surface area contributed by atoms with Crippen LogP contribution in [0.15, 0.2) is 39.9 Å². The van der Waals surface area contributed by atoms with Crippen molar-refractivity contribution in [3.05, 3.63) is 62.4 Å². The summed E-state index contributed by atoms with van der Waals surface area (Å²) in [5.41, 5.74) is 3.95. The van der Waals surface area contributed by atoms with E-state index in [1.165, 1.54) is 11.6 Å². The van der Waals surface area contributed by atoms with Crippen LogP contribution in [0.4, 0.5) is 0 Å². The third-order valence-electron chi connectivity index (χ3n) is 4.97. The summed E-state index contributed by atoms with van der Waals surface area (Å²) >= 11 is 0. The molecule has 0 fully saturated rings. The Morgan fingerprint density at radius 2 is 1.63 bits per heavy atom. The summed E-state index contributed by atoms with van der Waals surface area (Å²) in [7, 11) is 4.79. The Balaban J connectivity index is 2.32. The van der Waals surface area contributed by atoms with Crippen molar-refractivity contribution in [2.75, 3.05) is 7.11 Å². The maximum Gasteiger partial charge on any atom is 0.331 e. The molecule has 0 saturated carbocycles. The van der Waals surface area contributed by atoms with Crippen molar-refractivity contribution in [3.8, 4) is 17.0 Å². The molecule has 4 rings (SSSR count). The molecule has 0 aliphatic carbocycles. The number of aromatic nitrogens is 4. The molecule has 0 bridgehead atoms.